The monoisotopic (exact) mass is 327 g/mol. The summed E-state index contributed by atoms with van der Waals surface area (Å²) < 4.78 is 31.6. The zero-order valence-corrected chi connectivity index (χ0v) is 13.6. The number of carbonyl (C=O) groups excluding carboxylic acids is 1. The van der Waals surface area contributed by atoms with Crippen LogP contribution in [0.25, 0.3) is 5.65 Å². The third-order valence-electron chi connectivity index (χ3n) is 4.18. The molecule has 2 aromatic rings. The molecule has 0 aromatic carbocycles. The second-order valence-electron chi connectivity index (χ2n) is 6.21. The van der Waals surface area contributed by atoms with Crippen LogP contribution in [0.15, 0.2) is 12.1 Å². The summed E-state index contributed by atoms with van der Waals surface area (Å²) in [5.41, 5.74) is -1.41. The van der Waals surface area contributed by atoms with Gasteiger partial charge in [0.2, 0.25) is 5.82 Å². The molecule has 1 N–H and O–H groups in total. The Morgan fingerprint density at radius 3 is 2.48 bits per heavy atom. The number of alkyl halides is 2. The van der Waals surface area contributed by atoms with Crippen LogP contribution in [0, 0.1) is 5.41 Å². The standard InChI is InChI=1S/C14H19F2N5O2/c1-13(2,12(22)23-5)14(3,4)17-8-6-7-9-18-19-11(10(15)16)21(9)20-8/h6-7,10H,1-5H3,(H,17,20). The number of hydrogen-bond donors (Lipinski definition) is 1. The van der Waals surface area contributed by atoms with Crippen molar-refractivity contribution in [3.63, 3.8) is 0 Å². The number of nitrogens with one attached hydrogen (secondary N) is 1. The van der Waals surface area contributed by atoms with Gasteiger partial charge in [-0.2, -0.15) is 4.52 Å². The maximum atomic E-state index is 12.9. The van der Waals surface area contributed by atoms with Crippen LogP contribution in [0.4, 0.5) is 14.6 Å². The van der Waals surface area contributed by atoms with E-state index in [1.54, 1.807) is 33.8 Å². The third-order valence-corrected chi connectivity index (χ3v) is 4.18. The minimum atomic E-state index is -2.78. The van der Waals surface area contributed by atoms with Gasteiger partial charge >= 0.3 is 5.97 Å². The molecule has 0 radical (unpaired) electrons. The van der Waals surface area contributed by atoms with Gasteiger partial charge in [-0.15, -0.1) is 15.3 Å². The van der Waals surface area contributed by atoms with Crippen LogP contribution >= 0.6 is 0 Å². The van der Waals surface area contributed by atoms with Crippen molar-refractivity contribution in [2.45, 2.75) is 39.7 Å². The highest BCUT2D eigenvalue weighted by Gasteiger charge is 2.44. The summed E-state index contributed by atoms with van der Waals surface area (Å²) >= 11 is 0. The maximum absolute atomic E-state index is 12.9. The zero-order valence-electron chi connectivity index (χ0n) is 13.6. The third kappa shape index (κ3) is 2.95. The summed E-state index contributed by atoms with van der Waals surface area (Å²) in [4.78, 5) is 12.0. The van der Waals surface area contributed by atoms with Gasteiger partial charge in [0.15, 0.2) is 5.65 Å². The molecule has 0 aliphatic rings. The number of anilines is 1. The van der Waals surface area contributed by atoms with E-state index in [1.165, 1.54) is 13.2 Å². The van der Waals surface area contributed by atoms with E-state index in [4.69, 9.17) is 4.74 Å². The number of aromatic nitrogens is 4. The van der Waals surface area contributed by atoms with E-state index in [9.17, 15) is 13.6 Å². The number of halogens is 2. The molecule has 0 spiro atoms. The first-order valence-electron chi connectivity index (χ1n) is 6.97. The molecule has 0 saturated carbocycles. The molecule has 2 rings (SSSR count). The number of esters is 1. The first-order valence-corrected chi connectivity index (χ1v) is 6.97. The van der Waals surface area contributed by atoms with Gasteiger partial charge in [-0.25, -0.2) is 8.78 Å². The Balaban J connectivity index is 2.37. The Morgan fingerprint density at radius 1 is 1.26 bits per heavy atom. The topological polar surface area (TPSA) is 81.4 Å². The number of carbonyl (C=O) groups is 1. The molecular formula is C14H19F2N5O2. The molecule has 2 heterocycles. The first-order chi connectivity index (χ1) is 10.6. The van der Waals surface area contributed by atoms with Crippen LogP contribution in [0.3, 0.4) is 0 Å². The Hall–Kier alpha value is -2.32. The summed E-state index contributed by atoms with van der Waals surface area (Å²) in [5, 5.41) is 14.2. The molecule has 0 unspecified atom stereocenters. The van der Waals surface area contributed by atoms with E-state index >= 15 is 0 Å². The minimum absolute atomic E-state index is 0.218. The Labute approximate surface area is 132 Å². The Morgan fingerprint density at radius 2 is 1.91 bits per heavy atom. The van der Waals surface area contributed by atoms with Crippen molar-refractivity contribution in [3.05, 3.63) is 18.0 Å². The van der Waals surface area contributed by atoms with Gasteiger partial charge in [0.25, 0.3) is 6.43 Å². The predicted octanol–water partition coefficient (Wildman–Crippen LogP) is 2.45. The van der Waals surface area contributed by atoms with Crippen molar-refractivity contribution in [3.8, 4) is 0 Å². The molecule has 0 amide bonds. The average Bonchev–Trinajstić information content (AvgIpc) is 2.88. The van der Waals surface area contributed by atoms with E-state index in [2.05, 4.69) is 20.6 Å². The molecule has 0 saturated heterocycles. The SMILES string of the molecule is COC(=O)C(C)(C)C(C)(C)Nc1ccc2nnc(C(F)F)n2n1. The molecular weight excluding hydrogens is 308 g/mol. The lowest BCUT2D eigenvalue weighted by Crippen LogP contribution is -2.51. The van der Waals surface area contributed by atoms with Crippen molar-refractivity contribution in [1.29, 1.82) is 0 Å². The lowest BCUT2D eigenvalue weighted by atomic mass is 9.74. The molecule has 0 aliphatic heterocycles. The van der Waals surface area contributed by atoms with E-state index in [1.807, 2.05) is 0 Å². The minimum Gasteiger partial charge on any atom is -0.469 e. The lowest BCUT2D eigenvalue weighted by molar-refractivity contribution is -0.153. The number of rotatable bonds is 5. The maximum Gasteiger partial charge on any atom is 0.313 e. The fourth-order valence-electron chi connectivity index (χ4n) is 1.99. The summed E-state index contributed by atoms with van der Waals surface area (Å²) in [6, 6.07) is 3.11. The number of nitrogens with zero attached hydrogens (tertiary/aromatic N) is 4. The van der Waals surface area contributed by atoms with Crippen molar-refractivity contribution < 1.29 is 18.3 Å². The first kappa shape index (κ1) is 17.0. The number of ether oxygens (including phenoxy) is 1. The van der Waals surface area contributed by atoms with Gasteiger partial charge in [-0.1, -0.05) is 0 Å². The van der Waals surface area contributed by atoms with E-state index < -0.39 is 29.2 Å². The highest BCUT2D eigenvalue weighted by Crippen LogP contribution is 2.34. The van der Waals surface area contributed by atoms with Gasteiger partial charge in [-0.3, -0.25) is 4.79 Å². The second-order valence-corrected chi connectivity index (χ2v) is 6.21. The fourth-order valence-corrected chi connectivity index (χ4v) is 1.99. The number of methoxy groups -OCH3 is 1. The Kier molecular flexibility index (Phi) is 4.23. The average molecular weight is 327 g/mol. The van der Waals surface area contributed by atoms with Crippen molar-refractivity contribution >= 4 is 17.4 Å². The van der Waals surface area contributed by atoms with Crippen LogP contribution in [0.5, 0.6) is 0 Å². The summed E-state index contributed by atoms with van der Waals surface area (Å²) in [6.45, 7) is 7.06. The molecule has 23 heavy (non-hydrogen) atoms. The van der Waals surface area contributed by atoms with Gasteiger partial charge in [0.05, 0.1) is 12.5 Å². The van der Waals surface area contributed by atoms with E-state index in [0.29, 0.717) is 5.82 Å². The molecule has 7 nitrogen and oxygen atoms in total. The van der Waals surface area contributed by atoms with Gasteiger partial charge in [-0.05, 0) is 39.8 Å². The van der Waals surface area contributed by atoms with Crippen LogP contribution in [-0.4, -0.2) is 38.4 Å². The molecule has 2 aromatic heterocycles. The van der Waals surface area contributed by atoms with Crippen molar-refractivity contribution in [2.24, 2.45) is 5.41 Å². The van der Waals surface area contributed by atoms with Crippen LogP contribution in [0.1, 0.15) is 39.9 Å². The smallest absolute Gasteiger partial charge is 0.313 e. The number of fused-ring (bicyclic) bond motifs is 1. The van der Waals surface area contributed by atoms with Gasteiger partial charge < -0.3 is 10.1 Å². The summed E-state index contributed by atoms with van der Waals surface area (Å²) in [7, 11) is 1.32. The fraction of sp³-hybridized carbons (Fsp3) is 0.571. The quantitative estimate of drug-likeness (QED) is 0.850. The summed E-state index contributed by atoms with van der Waals surface area (Å²) in [5.74, 6) is -0.608. The highest BCUT2D eigenvalue weighted by molar-refractivity contribution is 5.78. The van der Waals surface area contributed by atoms with E-state index in [-0.39, 0.29) is 5.65 Å². The van der Waals surface area contributed by atoms with Gasteiger partial charge in [0, 0.05) is 5.54 Å². The Bertz CT molecular complexity index is 727. The van der Waals surface area contributed by atoms with Crippen LogP contribution in [0.2, 0.25) is 0 Å². The molecule has 0 fully saturated rings. The van der Waals surface area contributed by atoms with Crippen LogP contribution in [-0.2, 0) is 9.53 Å². The highest BCUT2D eigenvalue weighted by atomic mass is 19.3. The van der Waals surface area contributed by atoms with Gasteiger partial charge in [0.1, 0.15) is 5.82 Å². The molecule has 0 bridgehead atoms. The zero-order chi connectivity index (χ0) is 17.4. The summed E-state index contributed by atoms with van der Waals surface area (Å²) in [6.07, 6.45) is -2.78. The van der Waals surface area contributed by atoms with Crippen molar-refractivity contribution in [2.75, 3.05) is 12.4 Å². The largest absolute Gasteiger partial charge is 0.469 e. The second kappa shape index (κ2) is 5.71. The van der Waals surface area contributed by atoms with Crippen molar-refractivity contribution in [1.82, 2.24) is 19.8 Å². The number of hydrogen-bond acceptors (Lipinski definition) is 6. The lowest BCUT2D eigenvalue weighted by Gasteiger charge is -2.40. The molecule has 0 aliphatic carbocycles. The normalized spacial score (nSPS) is 12.7. The van der Waals surface area contributed by atoms with E-state index in [0.717, 1.165) is 4.52 Å². The molecule has 126 valence electrons. The molecule has 0 atom stereocenters. The van der Waals surface area contributed by atoms with Crippen LogP contribution < -0.4 is 5.32 Å². The molecule has 9 heteroatoms. The predicted molar refractivity (Wildman–Crippen MR) is 79.2 cm³/mol.